The predicted octanol–water partition coefficient (Wildman–Crippen LogP) is 2.82. The summed E-state index contributed by atoms with van der Waals surface area (Å²) in [5.74, 6) is -0.0179. The first-order valence-electron chi connectivity index (χ1n) is 6.53. The third-order valence-corrected chi connectivity index (χ3v) is 3.45. The Labute approximate surface area is 115 Å². The fraction of sp³-hybridized carbons (Fsp3) is 0.500. The molecule has 1 fully saturated rings. The van der Waals surface area contributed by atoms with E-state index in [1.807, 2.05) is 0 Å². The lowest BCUT2D eigenvalue weighted by Gasteiger charge is -2.17. The first-order valence-corrected chi connectivity index (χ1v) is 6.53. The van der Waals surface area contributed by atoms with Gasteiger partial charge in [0.1, 0.15) is 6.04 Å². The lowest BCUT2D eigenvalue weighted by molar-refractivity contribution is -0.134. The highest BCUT2D eigenvalue weighted by Crippen LogP contribution is 2.26. The molecule has 1 heterocycles. The van der Waals surface area contributed by atoms with E-state index in [0.29, 0.717) is 24.2 Å². The minimum Gasteiger partial charge on any atom is -0.373 e. The first-order chi connectivity index (χ1) is 9.37. The molecule has 0 spiro atoms. The van der Waals surface area contributed by atoms with E-state index in [-0.39, 0.29) is 18.4 Å². The standard InChI is InChI=1S/C14H17F3N2O/c1-19-9-7-12(13(19)20)18-11-5-3-2-4-10(11)6-8-14(15,16)17/h2-5,12,18H,6-9H2,1H3. The Morgan fingerprint density at radius 2 is 2.05 bits per heavy atom. The lowest BCUT2D eigenvalue weighted by atomic mass is 10.1. The van der Waals surface area contributed by atoms with Crippen molar-refractivity contribution >= 4 is 11.6 Å². The Kier molecular flexibility index (Phi) is 4.20. The van der Waals surface area contributed by atoms with Crippen molar-refractivity contribution in [3.05, 3.63) is 29.8 Å². The number of carbonyl (C=O) groups is 1. The zero-order valence-corrected chi connectivity index (χ0v) is 11.2. The molecule has 0 bridgehead atoms. The molecule has 2 rings (SSSR count). The monoisotopic (exact) mass is 286 g/mol. The minimum absolute atomic E-state index is 0.0179. The third kappa shape index (κ3) is 3.65. The number of alkyl halides is 3. The number of hydrogen-bond acceptors (Lipinski definition) is 2. The number of hydrogen-bond donors (Lipinski definition) is 1. The molecular weight excluding hydrogens is 269 g/mol. The van der Waals surface area contributed by atoms with Gasteiger partial charge in [-0.2, -0.15) is 13.2 Å². The molecule has 0 aliphatic carbocycles. The summed E-state index contributed by atoms with van der Waals surface area (Å²) in [7, 11) is 1.72. The number of nitrogens with one attached hydrogen (secondary N) is 1. The molecule has 3 nitrogen and oxygen atoms in total. The highest BCUT2D eigenvalue weighted by atomic mass is 19.4. The summed E-state index contributed by atoms with van der Waals surface area (Å²) in [5, 5.41) is 3.07. The van der Waals surface area contributed by atoms with Gasteiger partial charge in [0.05, 0.1) is 0 Å². The van der Waals surface area contributed by atoms with E-state index in [2.05, 4.69) is 5.32 Å². The number of likely N-dealkylation sites (tertiary alicyclic amines) is 1. The molecular formula is C14H17F3N2O. The van der Waals surface area contributed by atoms with Crippen molar-refractivity contribution in [2.45, 2.75) is 31.5 Å². The summed E-state index contributed by atoms with van der Waals surface area (Å²) in [5.41, 5.74) is 1.21. The quantitative estimate of drug-likeness (QED) is 0.923. The molecule has 110 valence electrons. The number of carbonyl (C=O) groups excluding carboxylic acids is 1. The van der Waals surface area contributed by atoms with E-state index >= 15 is 0 Å². The SMILES string of the molecule is CN1CCC(Nc2ccccc2CCC(F)(F)F)C1=O. The van der Waals surface area contributed by atoms with Gasteiger partial charge in [-0.3, -0.25) is 4.79 Å². The van der Waals surface area contributed by atoms with Crippen LogP contribution in [0.2, 0.25) is 0 Å². The van der Waals surface area contributed by atoms with Crippen LogP contribution in [0.15, 0.2) is 24.3 Å². The highest BCUT2D eigenvalue weighted by molar-refractivity contribution is 5.86. The summed E-state index contributed by atoms with van der Waals surface area (Å²) < 4.78 is 36.9. The number of aryl methyl sites for hydroxylation is 1. The zero-order valence-electron chi connectivity index (χ0n) is 11.2. The van der Waals surface area contributed by atoms with Crippen molar-refractivity contribution in [1.82, 2.24) is 4.90 Å². The van der Waals surface area contributed by atoms with E-state index in [0.717, 1.165) is 0 Å². The second-order valence-corrected chi connectivity index (χ2v) is 5.02. The Hall–Kier alpha value is -1.72. The van der Waals surface area contributed by atoms with E-state index < -0.39 is 12.6 Å². The second-order valence-electron chi connectivity index (χ2n) is 5.02. The summed E-state index contributed by atoms with van der Waals surface area (Å²) in [4.78, 5) is 13.4. The Morgan fingerprint density at radius 3 is 2.65 bits per heavy atom. The number of likely N-dealkylation sites (N-methyl/N-ethyl adjacent to an activating group) is 1. The molecule has 0 saturated carbocycles. The number of benzene rings is 1. The summed E-state index contributed by atoms with van der Waals surface area (Å²) in [6.45, 7) is 0.668. The van der Waals surface area contributed by atoms with Gasteiger partial charge in [-0.25, -0.2) is 0 Å². The molecule has 0 radical (unpaired) electrons. The molecule has 0 aromatic heterocycles. The van der Waals surface area contributed by atoms with Crippen LogP contribution in [0.1, 0.15) is 18.4 Å². The normalized spacial score (nSPS) is 19.5. The average Bonchev–Trinajstić information content (AvgIpc) is 2.69. The Morgan fingerprint density at radius 1 is 1.35 bits per heavy atom. The summed E-state index contributed by atoms with van der Waals surface area (Å²) in [6.07, 6.45) is -4.44. The predicted molar refractivity (Wildman–Crippen MR) is 70.5 cm³/mol. The van der Waals surface area contributed by atoms with Crippen molar-refractivity contribution in [3.8, 4) is 0 Å². The van der Waals surface area contributed by atoms with E-state index in [1.165, 1.54) is 0 Å². The lowest BCUT2D eigenvalue weighted by Crippen LogP contribution is -2.31. The second kappa shape index (κ2) is 5.73. The fourth-order valence-corrected chi connectivity index (χ4v) is 2.30. The van der Waals surface area contributed by atoms with Crippen LogP contribution in [-0.4, -0.2) is 36.6 Å². The first kappa shape index (κ1) is 14.7. The molecule has 1 amide bonds. The van der Waals surface area contributed by atoms with Crippen molar-refractivity contribution in [2.24, 2.45) is 0 Å². The van der Waals surface area contributed by atoms with Gasteiger partial charge in [-0.15, -0.1) is 0 Å². The van der Waals surface area contributed by atoms with Gasteiger partial charge in [-0.1, -0.05) is 18.2 Å². The van der Waals surface area contributed by atoms with Crippen LogP contribution in [0.5, 0.6) is 0 Å². The minimum atomic E-state index is -4.17. The van der Waals surface area contributed by atoms with Crippen LogP contribution in [0.25, 0.3) is 0 Å². The van der Waals surface area contributed by atoms with Crippen LogP contribution in [-0.2, 0) is 11.2 Å². The van der Waals surface area contributed by atoms with Gasteiger partial charge in [0, 0.05) is 25.7 Å². The number of halogens is 3. The van der Waals surface area contributed by atoms with Crippen molar-refractivity contribution < 1.29 is 18.0 Å². The van der Waals surface area contributed by atoms with Gasteiger partial charge in [-0.05, 0) is 24.5 Å². The van der Waals surface area contributed by atoms with E-state index in [1.54, 1.807) is 36.2 Å². The van der Waals surface area contributed by atoms with Crippen molar-refractivity contribution in [3.63, 3.8) is 0 Å². The van der Waals surface area contributed by atoms with Gasteiger partial charge in [0.2, 0.25) is 5.91 Å². The molecule has 1 saturated heterocycles. The zero-order chi connectivity index (χ0) is 14.8. The molecule has 20 heavy (non-hydrogen) atoms. The van der Waals surface area contributed by atoms with Crippen LogP contribution in [0.3, 0.4) is 0 Å². The molecule has 1 N–H and O–H groups in total. The van der Waals surface area contributed by atoms with Gasteiger partial charge in [0.25, 0.3) is 0 Å². The maximum Gasteiger partial charge on any atom is 0.389 e. The van der Waals surface area contributed by atoms with Gasteiger partial charge >= 0.3 is 6.18 Å². The number of para-hydroxylation sites is 1. The summed E-state index contributed by atoms with van der Waals surface area (Å²) >= 11 is 0. The molecule has 1 aromatic rings. The molecule has 1 aliphatic rings. The van der Waals surface area contributed by atoms with Gasteiger partial charge < -0.3 is 10.2 Å². The van der Waals surface area contributed by atoms with Crippen LogP contribution in [0, 0.1) is 0 Å². The number of anilines is 1. The van der Waals surface area contributed by atoms with E-state index in [9.17, 15) is 18.0 Å². The van der Waals surface area contributed by atoms with Crippen LogP contribution >= 0.6 is 0 Å². The number of nitrogens with zero attached hydrogens (tertiary/aromatic N) is 1. The Bertz CT molecular complexity index is 488. The topological polar surface area (TPSA) is 32.3 Å². The van der Waals surface area contributed by atoms with E-state index in [4.69, 9.17) is 0 Å². The van der Waals surface area contributed by atoms with Crippen molar-refractivity contribution in [2.75, 3.05) is 18.9 Å². The fourth-order valence-electron chi connectivity index (χ4n) is 2.30. The molecule has 1 aromatic carbocycles. The molecule has 6 heteroatoms. The number of rotatable bonds is 4. The van der Waals surface area contributed by atoms with Crippen LogP contribution < -0.4 is 5.32 Å². The third-order valence-electron chi connectivity index (χ3n) is 3.45. The highest BCUT2D eigenvalue weighted by Gasteiger charge is 2.30. The largest absolute Gasteiger partial charge is 0.389 e. The van der Waals surface area contributed by atoms with Crippen molar-refractivity contribution in [1.29, 1.82) is 0 Å². The average molecular weight is 286 g/mol. The van der Waals surface area contributed by atoms with Gasteiger partial charge in [0.15, 0.2) is 0 Å². The summed E-state index contributed by atoms with van der Waals surface area (Å²) in [6, 6.07) is 6.50. The molecule has 1 unspecified atom stereocenters. The Balaban J connectivity index is 2.06. The maximum absolute atomic E-state index is 12.3. The maximum atomic E-state index is 12.3. The van der Waals surface area contributed by atoms with Crippen LogP contribution in [0.4, 0.5) is 18.9 Å². The number of amides is 1. The smallest absolute Gasteiger partial charge is 0.373 e. The molecule has 1 atom stereocenters. The molecule has 1 aliphatic heterocycles.